The number of fused-ring (bicyclic) bond motifs is 1. The van der Waals surface area contributed by atoms with Crippen molar-refractivity contribution in [3.05, 3.63) is 70.9 Å². The van der Waals surface area contributed by atoms with Crippen molar-refractivity contribution in [1.29, 1.82) is 0 Å². The lowest BCUT2D eigenvalue weighted by molar-refractivity contribution is 0.212. The molecule has 0 aliphatic heterocycles. The Hall–Kier alpha value is -1.77. The van der Waals surface area contributed by atoms with E-state index in [0.29, 0.717) is 5.02 Å². The summed E-state index contributed by atoms with van der Waals surface area (Å²) in [6.45, 7) is 0. The molecule has 3 aromatic rings. The van der Waals surface area contributed by atoms with Crippen LogP contribution in [0.5, 0.6) is 0 Å². The first kappa shape index (κ1) is 12.3. The summed E-state index contributed by atoms with van der Waals surface area (Å²) in [5, 5.41) is 12.3. The SMILES string of the molecule is Cn1c([C@H](O)c2ccc(Cl)cc2)cc2ccccc21. The summed E-state index contributed by atoms with van der Waals surface area (Å²) in [5.74, 6) is 0. The maximum atomic E-state index is 10.5. The molecular weight excluding hydrogens is 258 g/mol. The van der Waals surface area contributed by atoms with Crippen LogP contribution in [0.1, 0.15) is 17.4 Å². The van der Waals surface area contributed by atoms with E-state index in [-0.39, 0.29) is 0 Å². The van der Waals surface area contributed by atoms with Crippen molar-refractivity contribution in [3.63, 3.8) is 0 Å². The van der Waals surface area contributed by atoms with Crippen molar-refractivity contribution in [1.82, 2.24) is 4.57 Å². The van der Waals surface area contributed by atoms with Crippen molar-refractivity contribution in [3.8, 4) is 0 Å². The van der Waals surface area contributed by atoms with Gasteiger partial charge in [0.15, 0.2) is 0 Å². The lowest BCUT2D eigenvalue weighted by Crippen LogP contribution is -2.05. The van der Waals surface area contributed by atoms with Crippen molar-refractivity contribution < 1.29 is 5.11 Å². The van der Waals surface area contributed by atoms with Crippen LogP contribution >= 0.6 is 11.6 Å². The molecule has 19 heavy (non-hydrogen) atoms. The molecule has 96 valence electrons. The molecule has 0 aliphatic carbocycles. The molecule has 1 N–H and O–H groups in total. The first-order valence-corrected chi connectivity index (χ1v) is 6.52. The Bertz CT molecular complexity index is 715. The number of benzene rings is 2. The predicted molar refractivity (Wildman–Crippen MR) is 78.4 cm³/mol. The standard InChI is InChI=1S/C16H14ClNO/c1-18-14-5-3-2-4-12(14)10-15(18)16(19)11-6-8-13(17)9-7-11/h2-10,16,19H,1H3/t16-/m1/s1. The molecule has 3 rings (SSSR count). The Kier molecular flexibility index (Phi) is 3.05. The van der Waals surface area contributed by atoms with Crippen molar-refractivity contribution in [2.24, 2.45) is 7.05 Å². The summed E-state index contributed by atoms with van der Waals surface area (Å²) in [7, 11) is 1.97. The molecule has 0 aliphatic rings. The number of hydrogen-bond acceptors (Lipinski definition) is 1. The summed E-state index contributed by atoms with van der Waals surface area (Å²) in [6, 6.07) is 17.4. The lowest BCUT2D eigenvalue weighted by Gasteiger charge is -2.12. The van der Waals surface area contributed by atoms with Gasteiger partial charge in [0.05, 0.1) is 5.69 Å². The molecular formula is C16H14ClNO. The fourth-order valence-corrected chi connectivity index (χ4v) is 2.51. The van der Waals surface area contributed by atoms with Gasteiger partial charge in [-0.15, -0.1) is 0 Å². The molecule has 3 heteroatoms. The van der Waals surface area contributed by atoms with Gasteiger partial charge in [-0.3, -0.25) is 0 Å². The van der Waals surface area contributed by atoms with Crippen LogP contribution in [0.3, 0.4) is 0 Å². The Morgan fingerprint density at radius 3 is 2.42 bits per heavy atom. The molecule has 0 bridgehead atoms. The summed E-state index contributed by atoms with van der Waals surface area (Å²) in [4.78, 5) is 0. The van der Waals surface area contributed by atoms with E-state index in [4.69, 9.17) is 11.6 Å². The third-order valence-corrected chi connectivity index (χ3v) is 3.71. The Morgan fingerprint density at radius 1 is 1.05 bits per heavy atom. The van der Waals surface area contributed by atoms with E-state index in [2.05, 4.69) is 0 Å². The number of nitrogens with zero attached hydrogens (tertiary/aromatic N) is 1. The second-order valence-electron chi connectivity index (χ2n) is 4.64. The molecule has 0 spiro atoms. The smallest absolute Gasteiger partial charge is 0.119 e. The first-order chi connectivity index (χ1) is 9.16. The number of hydrogen-bond donors (Lipinski definition) is 1. The van der Waals surface area contributed by atoms with Gasteiger partial charge in [-0.1, -0.05) is 41.9 Å². The van der Waals surface area contributed by atoms with Crippen molar-refractivity contribution >= 4 is 22.5 Å². The topological polar surface area (TPSA) is 25.2 Å². The number of aryl methyl sites for hydroxylation is 1. The van der Waals surface area contributed by atoms with Crippen LogP contribution in [0.2, 0.25) is 5.02 Å². The van der Waals surface area contributed by atoms with Crippen molar-refractivity contribution in [2.75, 3.05) is 0 Å². The largest absolute Gasteiger partial charge is 0.382 e. The molecule has 1 aromatic heterocycles. The van der Waals surface area contributed by atoms with E-state index in [1.165, 1.54) is 0 Å². The normalized spacial score (nSPS) is 12.8. The van der Waals surface area contributed by atoms with Crippen LogP contribution in [0.15, 0.2) is 54.6 Å². The quantitative estimate of drug-likeness (QED) is 0.751. The zero-order chi connectivity index (χ0) is 13.4. The highest BCUT2D eigenvalue weighted by molar-refractivity contribution is 6.30. The van der Waals surface area contributed by atoms with Crippen LogP contribution in [0.25, 0.3) is 10.9 Å². The molecule has 0 unspecified atom stereocenters. The third-order valence-electron chi connectivity index (χ3n) is 3.45. The predicted octanol–water partition coefficient (Wildman–Crippen LogP) is 3.91. The minimum Gasteiger partial charge on any atom is -0.382 e. The van der Waals surface area contributed by atoms with Gasteiger partial charge < -0.3 is 9.67 Å². The highest BCUT2D eigenvalue weighted by atomic mass is 35.5. The van der Waals surface area contributed by atoms with E-state index >= 15 is 0 Å². The van der Waals surface area contributed by atoms with E-state index in [0.717, 1.165) is 22.2 Å². The minimum absolute atomic E-state index is 0.644. The van der Waals surface area contributed by atoms with Gasteiger partial charge in [-0.25, -0.2) is 0 Å². The van der Waals surface area contributed by atoms with Crippen LogP contribution in [-0.2, 0) is 7.05 Å². The molecule has 0 saturated carbocycles. The summed E-state index contributed by atoms with van der Waals surface area (Å²) in [6.07, 6.45) is -0.644. The van der Waals surface area contributed by atoms with E-state index in [1.807, 2.05) is 54.1 Å². The number of aliphatic hydroxyl groups excluding tert-OH is 1. The van der Waals surface area contributed by atoms with Gasteiger partial charge in [0.1, 0.15) is 6.10 Å². The van der Waals surface area contributed by atoms with Crippen molar-refractivity contribution in [2.45, 2.75) is 6.10 Å². The number of aliphatic hydroxyl groups is 1. The Balaban J connectivity index is 2.08. The zero-order valence-corrected chi connectivity index (χ0v) is 11.3. The van der Waals surface area contributed by atoms with Gasteiger partial charge in [-0.2, -0.15) is 0 Å². The van der Waals surface area contributed by atoms with Crippen LogP contribution < -0.4 is 0 Å². The monoisotopic (exact) mass is 271 g/mol. The molecule has 0 fully saturated rings. The minimum atomic E-state index is -0.644. The molecule has 0 saturated heterocycles. The summed E-state index contributed by atoms with van der Waals surface area (Å²) < 4.78 is 2.02. The van der Waals surface area contributed by atoms with Gasteiger partial charge in [0, 0.05) is 17.6 Å². The van der Waals surface area contributed by atoms with E-state index < -0.39 is 6.10 Å². The van der Waals surface area contributed by atoms with Crippen LogP contribution in [0, 0.1) is 0 Å². The zero-order valence-electron chi connectivity index (χ0n) is 10.5. The Morgan fingerprint density at radius 2 is 1.74 bits per heavy atom. The number of rotatable bonds is 2. The molecule has 2 nitrogen and oxygen atoms in total. The average Bonchev–Trinajstić information content (AvgIpc) is 2.77. The second-order valence-corrected chi connectivity index (χ2v) is 5.08. The molecule has 0 radical (unpaired) electrons. The lowest BCUT2D eigenvalue weighted by atomic mass is 10.1. The molecule has 1 heterocycles. The van der Waals surface area contributed by atoms with Crippen LogP contribution in [0.4, 0.5) is 0 Å². The second kappa shape index (κ2) is 4.72. The van der Waals surface area contributed by atoms with Gasteiger partial charge >= 0.3 is 0 Å². The summed E-state index contributed by atoms with van der Waals surface area (Å²) >= 11 is 5.87. The highest BCUT2D eigenvalue weighted by Gasteiger charge is 2.15. The van der Waals surface area contributed by atoms with E-state index in [1.54, 1.807) is 12.1 Å². The number of aromatic nitrogens is 1. The third kappa shape index (κ3) is 2.14. The van der Waals surface area contributed by atoms with Gasteiger partial charge in [0.25, 0.3) is 0 Å². The fraction of sp³-hybridized carbons (Fsp3) is 0.125. The molecule has 2 aromatic carbocycles. The van der Waals surface area contributed by atoms with Gasteiger partial charge in [-0.05, 0) is 35.2 Å². The first-order valence-electron chi connectivity index (χ1n) is 6.15. The van der Waals surface area contributed by atoms with Crippen LogP contribution in [-0.4, -0.2) is 9.67 Å². The maximum Gasteiger partial charge on any atom is 0.119 e. The van der Waals surface area contributed by atoms with E-state index in [9.17, 15) is 5.11 Å². The molecule has 0 amide bonds. The Labute approximate surface area is 116 Å². The maximum absolute atomic E-state index is 10.5. The van der Waals surface area contributed by atoms with Gasteiger partial charge in [0.2, 0.25) is 0 Å². The summed E-state index contributed by atoms with van der Waals surface area (Å²) in [5.41, 5.74) is 2.84. The highest BCUT2D eigenvalue weighted by Crippen LogP contribution is 2.28. The fourth-order valence-electron chi connectivity index (χ4n) is 2.39. The number of para-hydroxylation sites is 1. The molecule has 1 atom stereocenters. The average molecular weight is 272 g/mol. The number of halogens is 1.